The van der Waals surface area contributed by atoms with Gasteiger partial charge in [0.1, 0.15) is 0 Å². The van der Waals surface area contributed by atoms with Crippen molar-refractivity contribution in [1.82, 2.24) is 4.90 Å². The molecule has 0 amide bonds. The van der Waals surface area contributed by atoms with Gasteiger partial charge in [0.15, 0.2) is 0 Å². The van der Waals surface area contributed by atoms with Crippen molar-refractivity contribution in [2.75, 3.05) is 20.1 Å². The smallest absolute Gasteiger partial charge is 0.306 e. The highest BCUT2D eigenvalue weighted by molar-refractivity contribution is 5.69. The second-order valence-corrected chi connectivity index (χ2v) is 3.47. The van der Waals surface area contributed by atoms with Crippen LogP contribution in [0.1, 0.15) is 19.8 Å². The molecule has 0 spiro atoms. The van der Waals surface area contributed by atoms with Crippen LogP contribution in [-0.4, -0.2) is 47.2 Å². The second kappa shape index (κ2) is 6.37. The zero-order valence-electron chi connectivity index (χ0n) is 8.56. The Kier molecular flexibility index (Phi) is 5.87. The first kappa shape index (κ1) is 12.9. The molecule has 1 atom stereocenters. The topological polar surface area (TPSA) is 77.8 Å². The largest absolute Gasteiger partial charge is 0.481 e. The Balaban J connectivity index is 3.58. The molecule has 5 heteroatoms. The molecular formula is C9H17NO4. The minimum atomic E-state index is -0.830. The van der Waals surface area contributed by atoms with E-state index < -0.39 is 11.9 Å². The van der Waals surface area contributed by atoms with Crippen LogP contribution in [0.2, 0.25) is 0 Å². The summed E-state index contributed by atoms with van der Waals surface area (Å²) >= 11 is 0. The molecule has 0 saturated heterocycles. The number of carbonyl (C=O) groups is 2. The maximum absolute atomic E-state index is 10.5. The molecule has 0 aliphatic rings. The first-order chi connectivity index (χ1) is 6.43. The fourth-order valence-corrected chi connectivity index (χ4v) is 0.936. The highest BCUT2D eigenvalue weighted by Crippen LogP contribution is 2.02. The van der Waals surface area contributed by atoms with Gasteiger partial charge in [-0.25, -0.2) is 0 Å². The van der Waals surface area contributed by atoms with Crippen molar-refractivity contribution in [3.8, 4) is 0 Å². The summed E-state index contributed by atoms with van der Waals surface area (Å²) in [5, 5.41) is 17.0. The number of carboxylic acid groups (broad SMARTS) is 2. The monoisotopic (exact) mass is 203 g/mol. The molecule has 0 aromatic carbocycles. The molecule has 0 heterocycles. The van der Waals surface area contributed by atoms with Gasteiger partial charge in [-0.1, -0.05) is 6.92 Å². The molecule has 0 aliphatic heterocycles. The van der Waals surface area contributed by atoms with E-state index >= 15 is 0 Å². The van der Waals surface area contributed by atoms with Gasteiger partial charge in [-0.3, -0.25) is 9.59 Å². The Morgan fingerprint density at radius 3 is 2.29 bits per heavy atom. The summed E-state index contributed by atoms with van der Waals surface area (Å²) < 4.78 is 0. The average Bonchev–Trinajstić information content (AvgIpc) is 2.10. The van der Waals surface area contributed by atoms with Crippen LogP contribution in [-0.2, 0) is 9.59 Å². The summed E-state index contributed by atoms with van der Waals surface area (Å²) in [6.07, 6.45) is 0.642. The lowest BCUT2D eigenvalue weighted by Crippen LogP contribution is -2.25. The maximum atomic E-state index is 10.5. The Bertz CT molecular complexity index is 205. The third kappa shape index (κ3) is 6.42. The fourth-order valence-electron chi connectivity index (χ4n) is 0.936. The zero-order chi connectivity index (χ0) is 11.1. The van der Waals surface area contributed by atoms with Gasteiger partial charge in [-0.2, -0.15) is 0 Å². The molecule has 0 rings (SSSR count). The predicted octanol–water partition coefficient (Wildman–Crippen LogP) is 0.504. The van der Waals surface area contributed by atoms with Gasteiger partial charge in [-0.15, -0.1) is 0 Å². The number of hydrogen-bond donors (Lipinski definition) is 2. The van der Waals surface area contributed by atoms with Gasteiger partial charge >= 0.3 is 11.9 Å². The molecular weight excluding hydrogens is 186 g/mol. The van der Waals surface area contributed by atoms with Crippen LogP contribution in [0.5, 0.6) is 0 Å². The third-order valence-corrected chi connectivity index (χ3v) is 2.07. The van der Waals surface area contributed by atoms with E-state index in [9.17, 15) is 9.59 Å². The first-order valence-corrected chi connectivity index (χ1v) is 4.56. The molecule has 0 bridgehead atoms. The molecule has 14 heavy (non-hydrogen) atoms. The van der Waals surface area contributed by atoms with E-state index in [0.29, 0.717) is 19.5 Å². The lowest BCUT2D eigenvalue weighted by molar-refractivity contribution is -0.141. The van der Waals surface area contributed by atoms with Crippen molar-refractivity contribution in [1.29, 1.82) is 0 Å². The number of nitrogens with zero attached hydrogens (tertiary/aromatic N) is 1. The lowest BCUT2D eigenvalue weighted by atomic mass is 10.1. The van der Waals surface area contributed by atoms with Gasteiger partial charge in [0.2, 0.25) is 0 Å². The molecule has 0 aromatic rings. The van der Waals surface area contributed by atoms with Crippen molar-refractivity contribution in [3.05, 3.63) is 0 Å². The van der Waals surface area contributed by atoms with E-state index in [4.69, 9.17) is 10.2 Å². The van der Waals surface area contributed by atoms with E-state index in [1.165, 1.54) is 0 Å². The minimum Gasteiger partial charge on any atom is -0.481 e. The van der Waals surface area contributed by atoms with Crippen molar-refractivity contribution in [2.45, 2.75) is 19.8 Å². The van der Waals surface area contributed by atoms with Crippen LogP contribution < -0.4 is 0 Å². The quantitative estimate of drug-likeness (QED) is 0.630. The van der Waals surface area contributed by atoms with Crippen LogP contribution in [0.25, 0.3) is 0 Å². The molecule has 5 nitrogen and oxygen atoms in total. The van der Waals surface area contributed by atoms with Crippen molar-refractivity contribution < 1.29 is 19.8 Å². The summed E-state index contributed by atoms with van der Waals surface area (Å²) in [6.45, 7) is 2.72. The minimum absolute atomic E-state index is 0.0952. The van der Waals surface area contributed by atoms with Crippen LogP contribution in [0, 0.1) is 5.92 Å². The molecule has 0 aromatic heterocycles. The number of carboxylic acids is 2. The highest BCUT2D eigenvalue weighted by atomic mass is 16.4. The van der Waals surface area contributed by atoms with E-state index in [1.54, 1.807) is 14.0 Å². The van der Waals surface area contributed by atoms with E-state index in [1.807, 2.05) is 4.90 Å². The van der Waals surface area contributed by atoms with Crippen molar-refractivity contribution >= 4 is 11.9 Å². The number of aliphatic carboxylic acids is 2. The molecule has 0 saturated carbocycles. The van der Waals surface area contributed by atoms with Gasteiger partial charge in [0, 0.05) is 6.54 Å². The van der Waals surface area contributed by atoms with Gasteiger partial charge in [-0.05, 0) is 20.0 Å². The molecule has 0 aliphatic carbocycles. The highest BCUT2D eigenvalue weighted by Gasteiger charge is 2.11. The lowest BCUT2D eigenvalue weighted by Gasteiger charge is -2.16. The summed E-state index contributed by atoms with van der Waals surface area (Å²) in [7, 11) is 1.79. The first-order valence-electron chi connectivity index (χ1n) is 4.56. The van der Waals surface area contributed by atoms with Crippen LogP contribution in [0.4, 0.5) is 0 Å². The Hall–Kier alpha value is -1.10. The molecule has 0 radical (unpaired) electrons. The summed E-state index contributed by atoms with van der Waals surface area (Å²) in [6, 6.07) is 0. The van der Waals surface area contributed by atoms with Gasteiger partial charge in [0.25, 0.3) is 0 Å². The normalized spacial score (nSPS) is 12.8. The van der Waals surface area contributed by atoms with Gasteiger partial charge in [0.05, 0.1) is 12.3 Å². The standard InChI is InChI=1S/C9H17NO4/c1-7(9(13)14)3-5-10(2)6-4-8(11)12/h7H,3-6H2,1-2H3,(H,11,12)(H,13,14). The van der Waals surface area contributed by atoms with Crippen molar-refractivity contribution in [3.63, 3.8) is 0 Å². The van der Waals surface area contributed by atoms with Crippen LogP contribution >= 0.6 is 0 Å². The van der Waals surface area contributed by atoms with Gasteiger partial charge < -0.3 is 15.1 Å². The van der Waals surface area contributed by atoms with Crippen molar-refractivity contribution in [2.24, 2.45) is 5.92 Å². The second-order valence-electron chi connectivity index (χ2n) is 3.47. The fraction of sp³-hybridized carbons (Fsp3) is 0.778. The third-order valence-electron chi connectivity index (χ3n) is 2.07. The number of rotatable bonds is 7. The Labute approximate surface area is 83.3 Å². The Morgan fingerprint density at radius 2 is 1.86 bits per heavy atom. The zero-order valence-corrected chi connectivity index (χ0v) is 8.56. The summed E-state index contributed by atoms with van der Waals surface area (Å²) in [5.74, 6) is -2.01. The SMILES string of the molecule is CC(CCN(C)CCC(=O)O)C(=O)O. The predicted molar refractivity (Wildman–Crippen MR) is 51.2 cm³/mol. The van der Waals surface area contributed by atoms with E-state index in [0.717, 1.165) is 0 Å². The van der Waals surface area contributed by atoms with Crippen LogP contribution in [0.3, 0.4) is 0 Å². The van der Waals surface area contributed by atoms with Crippen LogP contribution in [0.15, 0.2) is 0 Å². The Morgan fingerprint density at radius 1 is 1.29 bits per heavy atom. The molecule has 1 unspecified atom stereocenters. The molecule has 2 N–H and O–H groups in total. The summed E-state index contributed by atoms with van der Waals surface area (Å²) in [5.41, 5.74) is 0. The van der Waals surface area contributed by atoms with E-state index in [-0.39, 0.29) is 12.3 Å². The average molecular weight is 203 g/mol. The number of hydrogen-bond acceptors (Lipinski definition) is 3. The van der Waals surface area contributed by atoms with E-state index in [2.05, 4.69) is 0 Å². The summed E-state index contributed by atoms with van der Waals surface area (Å²) in [4.78, 5) is 22.5. The molecule has 82 valence electrons. The molecule has 0 fully saturated rings. The maximum Gasteiger partial charge on any atom is 0.306 e.